The SMILES string of the molecule is COc1cccc(C(=O)N(NC(C)(C)C)C(=O)c2snnc2C)c1. The summed E-state index contributed by atoms with van der Waals surface area (Å²) in [5.74, 6) is -0.411. The molecule has 1 N–H and O–H groups in total. The van der Waals surface area contributed by atoms with Crippen molar-refractivity contribution in [2.75, 3.05) is 7.11 Å². The molecule has 0 unspecified atom stereocenters. The van der Waals surface area contributed by atoms with Crippen LogP contribution in [0.25, 0.3) is 0 Å². The van der Waals surface area contributed by atoms with Gasteiger partial charge >= 0.3 is 0 Å². The van der Waals surface area contributed by atoms with Crippen LogP contribution in [0.2, 0.25) is 0 Å². The van der Waals surface area contributed by atoms with Gasteiger partial charge in [-0.3, -0.25) is 9.59 Å². The minimum atomic E-state index is -0.490. The molecule has 0 aliphatic rings. The van der Waals surface area contributed by atoms with E-state index in [0.29, 0.717) is 21.9 Å². The highest BCUT2D eigenvalue weighted by atomic mass is 32.1. The molecule has 1 aromatic heterocycles. The molecule has 0 aliphatic carbocycles. The number of hydrogen-bond donors (Lipinski definition) is 1. The minimum absolute atomic E-state index is 0.322. The van der Waals surface area contributed by atoms with Crippen molar-refractivity contribution in [3.8, 4) is 5.75 Å². The Kier molecular flexibility index (Phi) is 5.30. The fraction of sp³-hybridized carbons (Fsp3) is 0.375. The molecule has 1 aromatic carbocycles. The number of carbonyl (C=O) groups is 2. The molecule has 0 spiro atoms. The molecule has 0 atom stereocenters. The Labute approximate surface area is 144 Å². The Hall–Kier alpha value is -2.32. The highest BCUT2D eigenvalue weighted by molar-refractivity contribution is 7.08. The number of imide groups is 1. The topological polar surface area (TPSA) is 84.4 Å². The number of methoxy groups -OCH3 is 1. The first-order chi connectivity index (χ1) is 11.2. The Morgan fingerprint density at radius 1 is 1.25 bits per heavy atom. The number of ether oxygens (including phenoxy) is 1. The van der Waals surface area contributed by atoms with Crippen molar-refractivity contribution in [3.63, 3.8) is 0 Å². The molecular weight excluding hydrogens is 328 g/mol. The Morgan fingerprint density at radius 3 is 2.50 bits per heavy atom. The number of hydrogen-bond acceptors (Lipinski definition) is 7. The third-order valence-corrected chi connectivity index (χ3v) is 3.83. The largest absolute Gasteiger partial charge is 0.497 e. The van der Waals surface area contributed by atoms with Crippen LogP contribution in [0, 0.1) is 6.92 Å². The first-order valence-corrected chi connectivity index (χ1v) is 8.10. The van der Waals surface area contributed by atoms with Crippen molar-refractivity contribution in [1.82, 2.24) is 20.0 Å². The van der Waals surface area contributed by atoms with E-state index in [1.807, 2.05) is 20.8 Å². The van der Waals surface area contributed by atoms with Gasteiger partial charge in [0, 0.05) is 11.1 Å². The highest BCUT2D eigenvalue weighted by Crippen LogP contribution is 2.18. The smallest absolute Gasteiger partial charge is 0.289 e. The van der Waals surface area contributed by atoms with Crippen molar-refractivity contribution in [1.29, 1.82) is 0 Å². The second-order valence-corrected chi connectivity index (χ2v) is 6.98. The summed E-state index contributed by atoms with van der Waals surface area (Å²) < 4.78 is 8.91. The van der Waals surface area contributed by atoms with Crippen LogP contribution in [0.15, 0.2) is 24.3 Å². The lowest BCUT2D eigenvalue weighted by Crippen LogP contribution is -2.54. The van der Waals surface area contributed by atoms with Crippen LogP contribution in [0.5, 0.6) is 5.75 Å². The van der Waals surface area contributed by atoms with E-state index >= 15 is 0 Å². The second-order valence-electron chi connectivity index (χ2n) is 6.23. The van der Waals surface area contributed by atoms with Gasteiger partial charge in [0.2, 0.25) is 0 Å². The average Bonchev–Trinajstić information content (AvgIpc) is 2.96. The van der Waals surface area contributed by atoms with Crippen LogP contribution in [0.1, 0.15) is 46.5 Å². The lowest BCUT2D eigenvalue weighted by Gasteiger charge is -2.29. The van der Waals surface area contributed by atoms with Gasteiger partial charge in [-0.2, -0.15) is 0 Å². The number of rotatable bonds is 4. The van der Waals surface area contributed by atoms with Crippen molar-refractivity contribution >= 4 is 23.3 Å². The number of hydrazine groups is 1. The highest BCUT2D eigenvalue weighted by Gasteiger charge is 2.30. The van der Waals surface area contributed by atoms with E-state index in [4.69, 9.17) is 4.74 Å². The maximum Gasteiger partial charge on any atom is 0.289 e. The quantitative estimate of drug-likeness (QED) is 0.675. The van der Waals surface area contributed by atoms with Gasteiger partial charge in [0.1, 0.15) is 10.6 Å². The summed E-state index contributed by atoms with van der Waals surface area (Å²) in [5, 5.41) is 4.85. The minimum Gasteiger partial charge on any atom is -0.497 e. The second kappa shape index (κ2) is 7.06. The molecule has 8 heteroatoms. The molecule has 0 fully saturated rings. The molecule has 0 saturated carbocycles. The number of carbonyl (C=O) groups excluding carboxylic acids is 2. The predicted molar refractivity (Wildman–Crippen MR) is 91.0 cm³/mol. The van der Waals surface area contributed by atoms with Gasteiger partial charge in [-0.05, 0) is 57.4 Å². The maximum absolute atomic E-state index is 12.9. The molecule has 7 nitrogen and oxygen atoms in total. The normalized spacial score (nSPS) is 11.2. The molecule has 24 heavy (non-hydrogen) atoms. The molecule has 2 amide bonds. The molecular formula is C16H20N4O3S. The number of amides is 2. The van der Waals surface area contributed by atoms with Crippen LogP contribution < -0.4 is 10.2 Å². The van der Waals surface area contributed by atoms with Crippen LogP contribution in [-0.2, 0) is 0 Å². The zero-order chi connectivity index (χ0) is 17.9. The van der Waals surface area contributed by atoms with E-state index in [1.165, 1.54) is 7.11 Å². The maximum atomic E-state index is 12.9. The Balaban J connectivity index is 2.40. The van der Waals surface area contributed by atoms with Crippen LogP contribution in [-0.4, -0.2) is 39.1 Å². The van der Waals surface area contributed by atoms with Gasteiger partial charge in [0.25, 0.3) is 11.8 Å². The summed E-state index contributed by atoms with van der Waals surface area (Å²) in [7, 11) is 1.52. The molecule has 2 aromatic rings. The number of aromatic nitrogens is 2. The van der Waals surface area contributed by atoms with Crippen LogP contribution in [0.4, 0.5) is 0 Å². The van der Waals surface area contributed by atoms with Gasteiger partial charge in [-0.15, -0.1) is 5.10 Å². The summed E-state index contributed by atoms with van der Waals surface area (Å²) in [4.78, 5) is 26.0. The third-order valence-electron chi connectivity index (χ3n) is 3.02. The summed E-state index contributed by atoms with van der Waals surface area (Å²) in [5.41, 5.74) is 3.29. The molecule has 0 saturated heterocycles. The van der Waals surface area contributed by atoms with E-state index in [0.717, 1.165) is 16.5 Å². The van der Waals surface area contributed by atoms with Gasteiger partial charge < -0.3 is 4.74 Å². The summed E-state index contributed by atoms with van der Waals surface area (Å²) in [6.45, 7) is 7.28. The van der Waals surface area contributed by atoms with Gasteiger partial charge in [-0.25, -0.2) is 10.4 Å². The summed E-state index contributed by atoms with van der Waals surface area (Å²) >= 11 is 0.963. The van der Waals surface area contributed by atoms with Gasteiger partial charge in [-0.1, -0.05) is 10.6 Å². The van der Waals surface area contributed by atoms with Crippen molar-refractivity contribution in [2.24, 2.45) is 0 Å². The zero-order valence-electron chi connectivity index (χ0n) is 14.3. The zero-order valence-corrected chi connectivity index (χ0v) is 15.1. The molecule has 1 heterocycles. The Morgan fingerprint density at radius 2 is 1.96 bits per heavy atom. The molecule has 0 aliphatic heterocycles. The van der Waals surface area contributed by atoms with E-state index in [9.17, 15) is 9.59 Å². The first-order valence-electron chi connectivity index (χ1n) is 7.32. The summed E-state index contributed by atoms with van der Waals surface area (Å²) in [6, 6.07) is 6.65. The van der Waals surface area contributed by atoms with Crippen molar-refractivity contribution in [3.05, 3.63) is 40.4 Å². The van der Waals surface area contributed by atoms with Gasteiger partial charge in [0.05, 0.1) is 12.8 Å². The fourth-order valence-corrected chi connectivity index (χ4v) is 2.53. The summed E-state index contributed by atoms with van der Waals surface area (Å²) in [6.07, 6.45) is 0. The number of benzene rings is 1. The first kappa shape index (κ1) is 18.0. The molecule has 0 bridgehead atoms. The number of aryl methyl sites for hydroxylation is 1. The van der Waals surface area contributed by atoms with Crippen LogP contribution in [0.3, 0.4) is 0 Å². The van der Waals surface area contributed by atoms with E-state index in [1.54, 1.807) is 31.2 Å². The average molecular weight is 348 g/mol. The van der Waals surface area contributed by atoms with Crippen molar-refractivity contribution in [2.45, 2.75) is 33.2 Å². The lowest BCUT2D eigenvalue weighted by molar-refractivity contribution is 0.0454. The Bertz CT molecular complexity index is 752. The number of nitrogens with zero attached hydrogens (tertiary/aromatic N) is 3. The molecule has 2 rings (SSSR count). The predicted octanol–water partition coefficient (Wildman–Crippen LogP) is 2.44. The third kappa shape index (κ3) is 4.15. The monoisotopic (exact) mass is 348 g/mol. The lowest BCUT2D eigenvalue weighted by atomic mass is 10.1. The van der Waals surface area contributed by atoms with Gasteiger partial charge in [0.15, 0.2) is 0 Å². The van der Waals surface area contributed by atoms with E-state index in [2.05, 4.69) is 15.0 Å². The van der Waals surface area contributed by atoms with Crippen LogP contribution >= 0.6 is 11.5 Å². The molecule has 128 valence electrons. The molecule has 0 radical (unpaired) electrons. The van der Waals surface area contributed by atoms with E-state index in [-0.39, 0.29) is 0 Å². The standard InChI is InChI=1S/C16H20N4O3S/c1-10-13(24-19-17-10)15(22)20(18-16(2,3)4)14(21)11-7-6-8-12(9-11)23-5/h6-9,18H,1-5H3. The fourth-order valence-electron chi connectivity index (χ4n) is 1.94. The van der Waals surface area contributed by atoms with Crippen molar-refractivity contribution < 1.29 is 14.3 Å². The van der Waals surface area contributed by atoms with E-state index < -0.39 is 17.4 Å². The number of nitrogens with one attached hydrogen (secondary N) is 1.